The van der Waals surface area contributed by atoms with Crippen molar-refractivity contribution in [2.24, 2.45) is 0 Å². The molecule has 0 heterocycles. The highest BCUT2D eigenvalue weighted by Crippen LogP contribution is 2.28. The van der Waals surface area contributed by atoms with E-state index in [0.29, 0.717) is 13.0 Å². The van der Waals surface area contributed by atoms with E-state index in [-0.39, 0.29) is 17.7 Å². The first-order valence-corrected chi connectivity index (χ1v) is 12.8. The van der Waals surface area contributed by atoms with E-state index in [4.69, 9.17) is 9.47 Å². The van der Waals surface area contributed by atoms with Gasteiger partial charge in [0.1, 0.15) is 0 Å². The Morgan fingerprint density at radius 2 is 1.10 bits per heavy atom. The van der Waals surface area contributed by atoms with Crippen LogP contribution in [0.15, 0.2) is 0 Å². The molecule has 0 amide bonds. The third-order valence-electron chi connectivity index (χ3n) is 6.29. The summed E-state index contributed by atoms with van der Waals surface area (Å²) in [7, 11) is 1.75. The molecule has 0 rings (SSSR count). The van der Waals surface area contributed by atoms with Crippen LogP contribution in [0.5, 0.6) is 0 Å². The van der Waals surface area contributed by atoms with Crippen molar-refractivity contribution < 1.29 is 14.3 Å². The van der Waals surface area contributed by atoms with Gasteiger partial charge >= 0.3 is 5.97 Å². The summed E-state index contributed by atoms with van der Waals surface area (Å²) in [5.74, 6) is -0.0868. The number of carbonyl (C=O) groups excluding carboxylic acids is 1. The molecular formula is C26H55NO3. The Bertz CT molecular complexity index is 356. The molecule has 0 bridgehead atoms. The fourth-order valence-electron chi connectivity index (χ4n) is 4.03. The Labute approximate surface area is 188 Å². The van der Waals surface area contributed by atoms with Crippen molar-refractivity contribution in [3.63, 3.8) is 0 Å². The Balaban J connectivity index is 0. The molecule has 0 saturated heterocycles. The van der Waals surface area contributed by atoms with Gasteiger partial charge in [-0.1, -0.05) is 117 Å². The van der Waals surface area contributed by atoms with Crippen molar-refractivity contribution in [2.75, 3.05) is 13.7 Å². The molecule has 0 fully saturated rings. The van der Waals surface area contributed by atoms with Gasteiger partial charge in [0.05, 0.1) is 18.6 Å². The van der Waals surface area contributed by atoms with Crippen LogP contribution in [0, 0.1) is 0 Å². The average Bonchev–Trinajstić information content (AvgIpc) is 2.73. The molecular weight excluding hydrogens is 374 g/mol. The van der Waals surface area contributed by atoms with Gasteiger partial charge in [0.25, 0.3) is 0 Å². The Hall–Kier alpha value is -0.610. The standard InChI is InChI=1S/C26H52O3.H3N/c1-5-8-10-12-14-16-18-20-22-26(7-3,28-4)24-25(27)29-23-21-19-17-15-13-11-9-6-2;/h5-24H2,1-4H3;1H3. The van der Waals surface area contributed by atoms with Crippen LogP contribution in [-0.2, 0) is 14.3 Å². The average molecular weight is 430 g/mol. The van der Waals surface area contributed by atoms with Crippen LogP contribution in [0.4, 0.5) is 0 Å². The third-order valence-corrected chi connectivity index (χ3v) is 6.29. The van der Waals surface area contributed by atoms with Crippen molar-refractivity contribution in [3.05, 3.63) is 0 Å². The minimum absolute atomic E-state index is 0. The molecule has 3 N–H and O–H groups in total. The van der Waals surface area contributed by atoms with Crippen LogP contribution in [0.25, 0.3) is 0 Å². The van der Waals surface area contributed by atoms with E-state index < -0.39 is 0 Å². The summed E-state index contributed by atoms with van der Waals surface area (Å²) in [5.41, 5.74) is -0.335. The lowest BCUT2D eigenvalue weighted by molar-refractivity contribution is -0.151. The number of carbonyl (C=O) groups is 1. The van der Waals surface area contributed by atoms with Crippen LogP contribution < -0.4 is 6.15 Å². The molecule has 4 heteroatoms. The number of ether oxygens (including phenoxy) is 2. The number of methoxy groups -OCH3 is 1. The first-order chi connectivity index (χ1) is 14.1. The lowest BCUT2D eigenvalue weighted by Crippen LogP contribution is -2.34. The van der Waals surface area contributed by atoms with Crippen LogP contribution >= 0.6 is 0 Å². The first-order valence-electron chi connectivity index (χ1n) is 12.8. The fourth-order valence-corrected chi connectivity index (χ4v) is 4.03. The summed E-state index contributed by atoms with van der Waals surface area (Å²) >= 11 is 0. The summed E-state index contributed by atoms with van der Waals surface area (Å²) in [6, 6.07) is 0. The molecule has 4 nitrogen and oxygen atoms in total. The number of hydrogen-bond donors (Lipinski definition) is 1. The molecule has 0 saturated carbocycles. The number of esters is 1. The second kappa shape index (κ2) is 23.1. The minimum atomic E-state index is -0.335. The van der Waals surface area contributed by atoms with Gasteiger partial charge in [-0.25, -0.2) is 0 Å². The Morgan fingerprint density at radius 1 is 0.667 bits per heavy atom. The zero-order valence-corrected chi connectivity index (χ0v) is 21.1. The largest absolute Gasteiger partial charge is 0.466 e. The van der Waals surface area contributed by atoms with Crippen LogP contribution in [-0.4, -0.2) is 25.3 Å². The highest BCUT2D eigenvalue weighted by atomic mass is 16.5. The monoisotopic (exact) mass is 429 g/mol. The van der Waals surface area contributed by atoms with E-state index in [1.54, 1.807) is 7.11 Å². The minimum Gasteiger partial charge on any atom is -0.466 e. The fraction of sp³-hybridized carbons (Fsp3) is 0.962. The SMILES string of the molecule is CCCCCCCCCCOC(=O)CC(CC)(CCCCCCCCCC)OC.N. The normalized spacial score (nSPS) is 12.9. The van der Waals surface area contributed by atoms with Crippen molar-refractivity contribution in [3.8, 4) is 0 Å². The van der Waals surface area contributed by atoms with Crippen molar-refractivity contribution in [1.29, 1.82) is 0 Å². The molecule has 1 unspecified atom stereocenters. The summed E-state index contributed by atoms with van der Waals surface area (Å²) in [4.78, 5) is 12.3. The van der Waals surface area contributed by atoms with Gasteiger partial charge in [0.2, 0.25) is 0 Å². The predicted octanol–water partition coefficient (Wildman–Crippen LogP) is 8.55. The molecule has 1 atom stereocenters. The lowest BCUT2D eigenvalue weighted by atomic mass is 9.89. The summed E-state index contributed by atoms with van der Waals surface area (Å²) in [5, 5.41) is 0. The van der Waals surface area contributed by atoms with Crippen LogP contribution in [0.3, 0.4) is 0 Å². The maximum Gasteiger partial charge on any atom is 0.308 e. The maximum atomic E-state index is 12.3. The van der Waals surface area contributed by atoms with E-state index in [2.05, 4.69) is 20.8 Å². The highest BCUT2D eigenvalue weighted by Gasteiger charge is 2.31. The molecule has 182 valence electrons. The topological polar surface area (TPSA) is 70.5 Å². The van der Waals surface area contributed by atoms with Crippen LogP contribution in [0.2, 0.25) is 0 Å². The van der Waals surface area contributed by atoms with Crippen molar-refractivity contribution in [1.82, 2.24) is 6.15 Å². The highest BCUT2D eigenvalue weighted by molar-refractivity contribution is 5.70. The van der Waals surface area contributed by atoms with Gasteiger partial charge in [-0.3, -0.25) is 4.79 Å². The predicted molar refractivity (Wildman–Crippen MR) is 130 cm³/mol. The van der Waals surface area contributed by atoms with Gasteiger partial charge in [-0.15, -0.1) is 0 Å². The van der Waals surface area contributed by atoms with Crippen LogP contribution in [0.1, 0.15) is 143 Å². The number of rotatable bonds is 22. The Kier molecular flexibility index (Phi) is 24.3. The van der Waals surface area contributed by atoms with Gasteiger partial charge in [-0.2, -0.15) is 0 Å². The molecule has 0 aliphatic heterocycles. The van der Waals surface area contributed by atoms with E-state index in [1.165, 1.54) is 89.9 Å². The zero-order valence-electron chi connectivity index (χ0n) is 21.1. The Morgan fingerprint density at radius 3 is 1.53 bits per heavy atom. The van der Waals surface area contributed by atoms with Gasteiger partial charge < -0.3 is 15.6 Å². The molecule has 30 heavy (non-hydrogen) atoms. The third kappa shape index (κ3) is 18.2. The quantitative estimate of drug-likeness (QED) is 0.138. The first kappa shape index (κ1) is 31.6. The molecule has 0 radical (unpaired) electrons. The van der Waals surface area contributed by atoms with E-state index in [9.17, 15) is 4.79 Å². The molecule has 0 aromatic heterocycles. The maximum absolute atomic E-state index is 12.3. The molecule has 0 aliphatic rings. The molecule has 0 aliphatic carbocycles. The summed E-state index contributed by atoms with van der Waals surface area (Å²) < 4.78 is 11.3. The zero-order chi connectivity index (χ0) is 21.6. The lowest BCUT2D eigenvalue weighted by Gasteiger charge is -2.30. The van der Waals surface area contributed by atoms with E-state index >= 15 is 0 Å². The summed E-state index contributed by atoms with van der Waals surface area (Å²) in [6.45, 7) is 7.20. The van der Waals surface area contributed by atoms with Gasteiger partial charge in [-0.05, 0) is 19.3 Å². The second-order valence-electron chi connectivity index (χ2n) is 8.84. The van der Waals surface area contributed by atoms with E-state index in [0.717, 1.165) is 25.7 Å². The molecule has 0 spiro atoms. The second-order valence-corrected chi connectivity index (χ2v) is 8.84. The molecule has 0 aromatic rings. The number of unbranched alkanes of at least 4 members (excludes halogenated alkanes) is 14. The van der Waals surface area contributed by atoms with E-state index in [1.807, 2.05) is 0 Å². The van der Waals surface area contributed by atoms with Gasteiger partial charge in [0, 0.05) is 7.11 Å². The molecule has 0 aromatic carbocycles. The van der Waals surface area contributed by atoms with Gasteiger partial charge in [0.15, 0.2) is 0 Å². The number of hydrogen-bond acceptors (Lipinski definition) is 4. The summed E-state index contributed by atoms with van der Waals surface area (Å²) in [6.07, 6.45) is 22.8. The smallest absolute Gasteiger partial charge is 0.308 e. The van der Waals surface area contributed by atoms with Crippen molar-refractivity contribution >= 4 is 5.97 Å². The van der Waals surface area contributed by atoms with Crippen molar-refractivity contribution in [2.45, 2.75) is 148 Å².